The molecule has 0 spiro atoms. The Bertz CT molecular complexity index is 387. The van der Waals surface area contributed by atoms with Gasteiger partial charge < -0.3 is 10.2 Å². The number of urea groups is 1. The minimum absolute atomic E-state index is 0.0434. The number of amides is 2. The molecule has 1 fully saturated rings. The fraction of sp³-hybridized carbons (Fsp3) is 0.417. The zero-order valence-corrected chi connectivity index (χ0v) is 9.82. The highest BCUT2D eigenvalue weighted by Gasteiger charge is 2.20. The van der Waals surface area contributed by atoms with Crippen molar-refractivity contribution >= 4 is 11.7 Å². The van der Waals surface area contributed by atoms with Crippen molar-refractivity contribution in [3.05, 3.63) is 30.1 Å². The summed E-state index contributed by atoms with van der Waals surface area (Å²) in [5.74, 6) is -0.295. The number of nitrogens with zero attached hydrogens (tertiary/aromatic N) is 2. The number of carbonyl (C=O) groups excluding carboxylic acids is 1. The molecule has 0 atom stereocenters. The van der Waals surface area contributed by atoms with Crippen molar-refractivity contribution in [2.75, 3.05) is 38.1 Å². The van der Waals surface area contributed by atoms with Gasteiger partial charge in [-0.3, -0.25) is 4.90 Å². The lowest BCUT2D eigenvalue weighted by Gasteiger charge is -2.31. The summed E-state index contributed by atoms with van der Waals surface area (Å²) in [6, 6.07) is 5.89. The van der Waals surface area contributed by atoms with E-state index in [-0.39, 0.29) is 11.8 Å². The largest absolute Gasteiger partial charge is 0.324 e. The molecule has 1 saturated heterocycles. The molecular weight excluding hydrogens is 221 g/mol. The molecule has 5 heteroatoms. The van der Waals surface area contributed by atoms with E-state index in [4.69, 9.17) is 0 Å². The molecule has 0 saturated carbocycles. The third kappa shape index (κ3) is 2.74. The molecule has 1 aromatic rings. The first kappa shape index (κ1) is 11.9. The summed E-state index contributed by atoms with van der Waals surface area (Å²) in [7, 11) is 1.71. The summed E-state index contributed by atoms with van der Waals surface area (Å²) in [5, 5.41) is 3.19. The number of piperazine rings is 1. The van der Waals surface area contributed by atoms with Gasteiger partial charge in [0.1, 0.15) is 5.82 Å². The average molecular weight is 237 g/mol. The van der Waals surface area contributed by atoms with E-state index < -0.39 is 0 Å². The van der Waals surface area contributed by atoms with E-state index in [0.717, 1.165) is 13.1 Å². The van der Waals surface area contributed by atoms with Gasteiger partial charge in [0.2, 0.25) is 0 Å². The van der Waals surface area contributed by atoms with Crippen LogP contribution in [0.25, 0.3) is 0 Å². The first-order chi connectivity index (χ1) is 8.18. The van der Waals surface area contributed by atoms with E-state index in [0.29, 0.717) is 18.8 Å². The minimum atomic E-state index is -0.295. The lowest BCUT2D eigenvalue weighted by Crippen LogP contribution is -2.50. The number of carbonyl (C=O) groups is 1. The quantitative estimate of drug-likeness (QED) is 0.798. The van der Waals surface area contributed by atoms with Gasteiger partial charge in [0.25, 0.3) is 0 Å². The highest BCUT2D eigenvalue weighted by Crippen LogP contribution is 2.15. The Hall–Kier alpha value is -1.62. The van der Waals surface area contributed by atoms with E-state index in [9.17, 15) is 9.18 Å². The standard InChI is InChI=1S/C12H16FN3O/c1-15(11-4-2-10(13)3-5-11)12(17)16-8-6-14-7-9-16/h2-5,14H,6-9H2,1H3. The maximum atomic E-state index is 12.8. The summed E-state index contributed by atoms with van der Waals surface area (Å²) in [4.78, 5) is 15.5. The predicted octanol–water partition coefficient (Wildman–Crippen LogP) is 1.29. The maximum Gasteiger partial charge on any atom is 0.324 e. The molecule has 2 rings (SSSR count). The van der Waals surface area contributed by atoms with E-state index in [1.165, 1.54) is 12.1 Å². The number of nitrogens with one attached hydrogen (secondary N) is 1. The number of rotatable bonds is 1. The first-order valence-electron chi connectivity index (χ1n) is 5.67. The van der Waals surface area contributed by atoms with Gasteiger partial charge in [-0.05, 0) is 24.3 Å². The summed E-state index contributed by atoms with van der Waals surface area (Å²) >= 11 is 0. The third-order valence-electron chi connectivity index (χ3n) is 2.89. The Kier molecular flexibility index (Phi) is 3.58. The predicted molar refractivity (Wildman–Crippen MR) is 64.6 cm³/mol. The molecule has 17 heavy (non-hydrogen) atoms. The molecule has 1 aliphatic heterocycles. The summed E-state index contributed by atoms with van der Waals surface area (Å²) in [5.41, 5.74) is 0.704. The molecule has 1 heterocycles. The molecule has 92 valence electrons. The summed E-state index contributed by atoms with van der Waals surface area (Å²) in [6.45, 7) is 3.07. The van der Waals surface area contributed by atoms with Crippen LogP contribution < -0.4 is 10.2 Å². The molecule has 0 unspecified atom stereocenters. The van der Waals surface area contributed by atoms with Crippen molar-refractivity contribution in [1.82, 2.24) is 10.2 Å². The van der Waals surface area contributed by atoms with Crippen molar-refractivity contribution in [2.24, 2.45) is 0 Å². The third-order valence-corrected chi connectivity index (χ3v) is 2.89. The first-order valence-corrected chi connectivity index (χ1v) is 5.67. The van der Waals surface area contributed by atoms with E-state index in [1.807, 2.05) is 0 Å². The van der Waals surface area contributed by atoms with E-state index >= 15 is 0 Å². The maximum absolute atomic E-state index is 12.8. The number of halogens is 1. The van der Waals surface area contributed by atoms with Crippen LogP contribution in [0.3, 0.4) is 0 Å². The minimum Gasteiger partial charge on any atom is -0.322 e. The van der Waals surface area contributed by atoms with Crippen LogP contribution in [0.5, 0.6) is 0 Å². The molecule has 0 aromatic heterocycles. The number of hydrogen-bond acceptors (Lipinski definition) is 2. The van der Waals surface area contributed by atoms with Gasteiger partial charge in [-0.1, -0.05) is 0 Å². The average Bonchev–Trinajstić information content (AvgIpc) is 2.39. The fourth-order valence-corrected chi connectivity index (χ4v) is 1.84. The second kappa shape index (κ2) is 5.14. The van der Waals surface area contributed by atoms with Gasteiger partial charge in [-0.2, -0.15) is 0 Å². The monoisotopic (exact) mass is 237 g/mol. The smallest absolute Gasteiger partial charge is 0.322 e. The van der Waals surface area contributed by atoms with Crippen LogP contribution in [0.4, 0.5) is 14.9 Å². The second-order valence-corrected chi connectivity index (χ2v) is 4.06. The zero-order valence-electron chi connectivity index (χ0n) is 9.82. The highest BCUT2D eigenvalue weighted by atomic mass is 19.1. The van der Waals surface area contributed by atoms with Crippen LogP contribution in [0, 0.1) is 5.82 Å². The van der Waals surface area contributed by atoms with Crippen LogP contribution in [0.15, 0.2) is 24.3 Å². The second-order valence-electron chi connectivity index (χ2n) is 4.06. The van der Waals surface area contributed by atoms with Crippen LogP contribution >= 0.6 is 0 Å². The van der Waals surface area contributed by atoms with Gasteiger partial charge in [-0.15, -0.1) is 0 Å². The Labute approximate surface area is 100 Å². The normalized spacial score (nSPS) is 15.8. The number of benzene rings is 1. The van der Waals surface area contributed by atoms with Gasteiger partial charge in [0.05, 0.1) is 0 Å². The van der Waals surface area contributed by atoms with Gasteiger partial charge >= 0.3 is 6.03 Å². The summed E-state index contributed by atoms with van der Waals surface area (Å²) < 4.78 is 12.8. The van der Waals surface area contributed by atoms with Crippen molar-refractivity contribution in [3.63, 3.8) is 0 Å². The number of anilines is 1. The topological polar surface area (TPSA) is 35.6 Å². The lowest BCUT2D eigenvalue weighted by molar-refractivity contribution is 0.198. The van der Waals surface area contributed by atoms with Crippen LogP contribution in [-0.2, 0) is 0 Å². The Morgan fingerprint density at radius 3 is 2.47 bits per heavy atom. The molecule has 1 N–H and O–H groups in total. The molecule has 0 aliphatic carbocycles. The Morgan fingerprint density at radius 2 is 1.88 bits per heavy atom. The van der Waals surface area contributed by atoms with Crippen LogP contribution in [0.2, 0.25) is 0 Å². The van der Waals surface area contributed by atoms with Crippen molar-refractivity contribution in [2.45, 2.75) is 0 Å². The molecule has 0 radical (unpaired) electrons. The van der Waals surface area contributed by atoms with Gasteiger partial charge in [0.15, 0.2) is 0 Å². The molecule has 1 aromatic carbocycles. The molecule has 1 aliphatic rings. The molecule has 4 nitrogen and oxygen atoms in total. The van der Waals surface area contributed by atoms with Crippen LogP contribution in [-0.4, -0.2) is 44.2 Å². The van der Waals surface area contributed by atoms with Crippen molar-refractivity contribution in [3.8, 4) is 0 Å². The SMILES string of the molecule is CN(C(=O)N1CCNCC1)c1ccc(F)cc1. The van der Waals surface area contributed by atoms with Gasteiger partial charge in [-0.25, -0.2) is 9.18 Å². The fourth-order valence-electron chi connectivity index (χ4n) is 1.84. The lowest BCUT2D eigenvalue weighted by atomic mass is 10.3. The molecular formula is C12H16FN3O. The van der Waals surface area contributed by atoms with Crippen molar-refractivity contribution in [1.29, 1.82) is 0 Å². The molecule has 2 amide bonds. The molecule has 0 bridgehead atoms. The number of hydrogen-bond donors (Lipinski definition) is 1. The zero-order chi connectivity index (χ0) is 12.3. The van der Waals surface area contributed by atoms with Crippen LogP contribution in [0.1, 0.15) is 0 Å². The Morgan fingerprint density at radius 1 is 1.29 bits per heavy atom. The van der Waals surface area contributed by atoms with Crippen molar-refractivity contribution < 1.29 is 9.18 Å². The highest BCUT2D eigenvalue weighted by molar-refractivity contribution is 5.91. The Balaban J connectivity index is 2.05. The van der Waals surface area contributed by atoms with E-state index in [1.54, 1.807) is 29.0 Å². The summed E-state index contributed by atoms with van der Waals surface area (Å²) in [6.07, 6.45) is 0. The van der Waals surface area contributed by atoms with Gasteiger partial charge in [0, 0.05) is 38.9 Å². The van der Waals surface area contributed by atoms with E-state index in [2.05, 4.69) is 5.32 Å².